The van der Waals surface area contributed by atoms with Gasteiger partial charge in [-0.3, -0.25) is 24.6 Å². The Hall–Kier alpha value is -3.58. The number of hydrogen-bond donors (Lipinski definition) is 5. The molecule has 3 amide bonds. The van der Waals surface area contributed by atoms with Crippen LogP contribution < -0.4 is 16.4 Å². The first kappa shape index (κ1) is 24.1. The van der Waals surface area contributed by atoms with Crippen LogP contribution in [0.25, 0.3) is 0 Å². The molecule has 12 nitrogen and oxygen atoms in total. The number of carboxylic acid groups (broad SMARTS) is 2. The molecule has 33 heavy (non-hydrogen) atoms. The molecule has 1 aromatic carbocycles. The molecule has 0 unspecified atom stereocenters. The monoisotopic (exact) mass is 478 g/mol. The quantitative estimate of drug-likeness (QED) is 0.317. The van der Waals surface area contributed by atoms with Crippen LogP contribution in [0.5, 0.6) is 0 Å². The molecular formula is C20H22N4O8S. The van der Waals surface area contributed by atoms with Gasteiger partial charge in [0.1, 0.15) is 29.8 Å². The lowest BCUT2D eigenvalue weighted by atomic mass is 10.0. The van der Waals surface area contributed by atoms with E-state index < -0.39 is 53.9 Å². The number of nitrogens with one attached hydrogen (secondary N) is 2. The zero-order valence-electron chi connectivity index (χ0n) is 17.4. The summed E-state index contributed by atoms with van der Waals surface area (Å²) in [4.78, 5) is 59.8. The maximum atomic E-state index is 12.4. The molecule has 176 valence electrons. The van der Waals surface area contributed by atoms with E-state index in [1.54, 1.807) is 19.1 Å². The van der Waals surface area contributed by atoms with Crippen LogP contribution in [0.15, 0.2) is 35.5 Å². The van der Waals surface area contributed by atoms with Crippen LogP contribution in [0.1, 0.15) is 12.5 Å². The van der Waals surface area contributed by atoms with Gasteiger partial charge in [-0.1, -0.05) is 12.1 Å². The van der Waals surface area contributed by atoms with Crippen LogP contribution in [0.3, 0.4) is 0 Å². The van der Waals surface area contributed by atoms with Crippen molar-refractivity contribution < 1.29 is 38.9 Å². The van der Waals surface area contributed by atoms with E-state index >= 15 is 0 Å². The standard InChI is InChI=1S/C20H22N4O8S/c1-9-8-33-17-14(16(26)24(17)15(9)19(29)30)23-13(25)6-10-2-4-11(5-3-10)22-20(31)32-7-12(21)18(27)28/h2-5,12,14,17H,6-8,21H2,1H3,(H,22,31)(H,23,25)(H,27,28)(H,29,30)/t12-,14-,17+/m1/s1. The number of benzene rings is 1. The summed E-state index contributed by atoms with van der Waals surface area (Å²) in [5.74, 6) is -2.87. The largest absolute Gasteiger partial charge is 0.480 e. The van der Waals surface area contributed by atoms with Crippen molar-refractivity contribution in [3.63, 3.8) is 0 Å². The third kappa shape index (κ3) is 5.43. The Bertz CT molecular complexity index is 1030. The van der Waals surface area contributed by atoms with Gasteiger partial charge in [-0.15, -0.1) is 11.8 Å². The van der Waals surface area contributed by atoms with Crippen molar-refractivity contribution in [2.24, 2.45) is 5.73 Å². The van der Waals surface area contributed by atoms with Gasteiger partial charge < -0.3 is 26.0 Å². The zero-order chi connectivity index (χ0) is 24.3. The second-order valence-corrected chi connectivity index (χ2v) is 8.54. The maximum Gasteiger partial charge on any atom is 0.411 e. The highest BCUT2D eigenvalue weighted by atomic mass is 32.2. The molecule has 2 heterocycles. The van der Waals surface area contributed by atoms with Gasteiger partial charge in [-0.05, 0) is 30.2 Å². The topological polar surface area (TPSA) is 188 Å². The number of hydrogen-bond acceptors (Lipinski definition) is 8. The fourth-order valence-electron chi connectivity index (χ4n) is 3.28. The minimum Gasteiger partial charge on any atom is -0.480 e. The molecule has 2 aliphatic rings. The predicted molar refractivity (Wildman–Crippen MR) is 116 cm³/mol. The molecule has 0 bridgehead atoms. The molecule has 0 aromatic heterocycles. The highest BCUT2D eigenvalue weighted by Gasteiger charge is 2.53. The summed E-state index contributed by atoms with van der Waals surface area (Å²) in [6, 6.07) is 4.13. The lowest BCUT2D eigenvalue weighted by molar-refractivity contribution is -0.150. The number of fused-ring (bicyclic) bond motifs is 1. The van der Waals surface area contributed by atoms with Crippen molar-refractivity contribution >= 4 is 47.3 Å². The first-order valence-electron chi connectivity index (χ1n) is 9.76. The number of nitrogens with zero attached hydrogens (tertiary/aromatic N) is 1. The number of carbonyl (C=O) groups excluding carboxylic acids is 3. The van der Waals surface area contributed by atoms with Gasteiger partial charge in [-0.2, -0.15) is 0 Å². The first-order chi connectivity index (χ1) is 15.6. The van der Waals surface area contributed by atoms with Gasteiger partial charge in [0.2, 0.25) is 5.91 Å². The second kappa shape index (κ2) is 9.92. The van der Waals surface area contributed by atoms with Crippen LogP contribution in [-0.4, -0.2) is 74.8 Å². The average Bonchev–Trinajstić information content (AvgIpc) is 2.76. The normalized spacial score (nSPS) is 20.3. The van der Waals surface area contributed by atoms with Crippen LogP contribution >= 0.6 is 11.8 Å². The van der Waals surface area contributed by atoms with Crippen LogP contribution in [0, 0.1) is 0 Å². The molecule has 0 radical (unpaired) electrons. The van der Waals surface area contributed by atoms with E-state index in [0.29, 0.717) is 22.6 Å². The average molecular weight is 478 g/mol. The Balaban J connectivity index is 1.50. The molecule has 13 heteroatoms. The summed E-state index contributed by atoms with van der Waals surface area (Å²) in [6.07, 6.45) is -0.903. The third-order valence-corrected chi connectivity index (χ3v) is 6.38. The van der Waals surface area contributed by atoms with Crippen molar-refractivity contribution in [1.82, 2.24) is 10.2 Å². The highest BCUT2D eigenvalue weighted by Crippen LogP contribution is 2.40. The van der Waals surface area contributed by atoms with Gasteiger partial charge in [0.15, 0.2) is 0 Å². The van der Waals surface area contributed by atoms with E-state index in [0.717, 1.165) is 0 Å². The number of anilines is 1. The van der Waals surface area contributed by atoms with E-state index in [9.17, 15) is 29.1 Å². The fourth-order valence-corrected chi connectivity index (χ4v) is 4.57. The van der Waals surface area contributed by atoms with Gasteiger partial charge in [-0.25, -0.2) is 9.59 Å². The Labute approximate surface area is 192 Å². The molecule has 6 N–H and O–H groups in total. The Kier molecular flexibility index (Phi) is 7.23. The molecular weight excluding hydrogens is 456 g/mol. The minimum atomic E-state index is -1.32. The number of rotatable bonds is 8. The molecule has 0 spiro atoms. The molecule has 2 aliphatic heterocycles. The number of ether oxygens (including phenoxy) is 1. The Morgan fingerprint density at radius 2 is 1.91 bits per heavy atom. The fraction of sp³-hybridized carbons (Fsp3) is 0.350. The summed E-state index contributed by atoms with van der Waals surface area (Å²) in [5, 5.41) is 22.6. The van der Waals surface area contributed by atoms with E-state index in [1.807, 2.05) is 0 Å². The SMILES string of the molecule is CC1=C(C(=O)O)N2C(=O)[C@@H](NC(=O)Cc3ccc(NC(=O)OC[C@@H](N)C(=O)O)cc3)[C@@H]2SC1. The summed E-state index contributed by atoms with van der Waals surface area (Å²) in [7, 11) is 0. The molecule has 0 aliphatic carbocycles. The predicted octanol–water partition coefficient (Wildman–Crippen LogP) is -0.0520. The lowest BCUT2D eigenvalue weighted by Crippen LogP contribution is -2.70. The summed E-state index contributed by atoms with van der Waals surface area (Å²) in [6.45, 7) is 1.17. The molecule has 1 fully saturated rings. The van der Waals surface area contributed by atoms with Crippen LogP contribution in [-0.2, 0) is 30.3 Å². The number of carboxylic acids is 2. The molecule has 3 atom stereocenters. The van der Waals surface area contributed by atoms with Crippen LogP contribution in [0.4, 0.5) is 10.5 Å². The Morgan fingerprint density at radius 3 is 2.52 bits per heavy atom. The van der Waals surface area contributed by atoms with Crippen molar-refractivity contribution in [2.75, 3.05) is 17.7 Å². The van der Waals surface area contributed by atoms with E-state index in [2.05, 4.69) is 10.6 Å². The first-order valence-corrected chi connectivity index (χ1v) is 10.8. The number of amides is 3. The van der Waals surface area contributed by atoms with Gasteiger partial charge in [0, 0.05) is 11.4 Å². The number of thioether (sulfide) groups is 1. The van der Waals surface area contributed by atoms with Gasteiger partial charge in [0.25, 0.3) is 5.91 Å². The maximum absolute atomic E-state index is 12.4. The number of nitrogens with two attached hydrogens (primary N) is 1. The number of aliphatic carboxylic acids is 2. The van der Waals surface area contributed by atoms with E-state index in [1.165, 1.54) is 28.8 Å². The Morgan fingerprint density at radius 1 is 1.24 bits per heavy atom. The van der Waals surface area contributed by atoms with Gasteiger partial charge in [0.05, 0.1) is 6.42 Å². The highest BCUT2D eigenvalue weighted by molar-refractivity contribution is 8.00. The van der Waals surface area contributed by atoms with Crippen molar-refractivity contribution in [2.45, 2.75) is 30.8 Å². The molecule has 0 saturated carbocycles. The third-order valence-electron chi connectivity index (χ3n) is 4.95. The van der Waals surface area contributed by atoms with Crippen molar-refractivity contribution in [3.8, 4) is 0 Å². The number of β-lactam (4-membered cyclic amide) rings is 1. The minimum absolute atomic E-state index is 0.0270. The van der Waals surface area contributed by atoms with Gasteiger partial charge >= 0.3 is 18.0 Å². The van der Waals surface area contributed by atoms with Crippen molar-refractivity contribution in [1.29, 1.82) is 0 Å². The smallest absolute Gasteiger partial charge is 0.411 e. The molecule has 1 aromatic rings. The van der Waals surface area contributed by atoms with Crippen molar-refractivity contribution in [3.05, 3.63) is 41.1 Å². The molecule has 3 rings (SSSR count). The van der Waals surface area contributed by atoms with Crippen LogP contribution in [0.2, 0.25) is 0 Å². The zero-order valence-corrected chi connectivity index (χ0v) is 18.3. The molecule has 1 saturated heterocycles. The summed E-state index contributed by atoms with van der Waals surface area (Å²) >= 11 is 1.39. The lowest BCUT2D eigenvalue weighted by Gasteiger charge is -2.49. The summed E-state index contributed by atoms with van der Waals surface area (Å²) < 4.78 is 4.71. The van der Waals surface area contributed by atoms with E-state index in [4.69, 9.17) is 15.6 Å². The number of carbonyl (C=O) groups is 5. The second-order valence-electron chi connectivity index (χ2n) is 7.43. The summed E-state index contributed by atoms with van der Waals surface area (Å²) in [5.41, 5.74) is 6.80. The van der Waals surface area contributed by atoms with E-state index in [-0.39, 0.29) is 12.1 Å².